The molecule has 3 nitrogen and oxygen atoms in total. The molecule has 130 valence electrons. The zero-order valence-electron chi connectivity index (χ0n) is 13.8. The minimum atomic E-state index is -0.252. The Kier molecular flexibility index (Phi) is 5.68. The van der Waals surface area contributed by atoms with Crippen molar-refractivity contribution in [3.8, 4) is 10.4 Å². The van der Waals surface area contributed by atoms with E-state index in [-0.39, 0.29) is 29.5 Å². The van der Waals surface area contributed by atoms with Gasteiger partial charge in [-0.2, -0.15) is 0 Å². The van der Waals surface area contributed by atoms with Crippen molar-refractivity contribution in [1.82, 2.24) is 4.90 Å². The van der Waals surface area contributed by atoms with Gasteiger partial charge in [-0.05, 0) is 54.6 Å². The van der Waals surface area contributed by atoms with Crippen LogP contribution >= 0.6 is 23.7 Å². The van der Waals surface area contributed by atoms with E-state index in [1.165, 1.54) is 23.5 Å². The summed E-state index contributed by atoms with van der Waals surface area (Å²) in [5.41, 5.74) is 7.84. The minimum absolute atomic E-state index is 0. The van der Waals surface area contributed by atoms with Crippen molar-refractivity contribution >= 4 is 29.7 Å². The maximum Gasteiger partial charge on any atom is 0.263 e. The number of nitrogens with zero attached hydrogens (tertiary/aromatic N) is 1. The van der Waals surface area contributed by atoms with Crippen LogP contribution < -0.4 is 5.73 Å². The van der Waals surface area contributed by atoms with Crippen LogP contribution in [0.1, 0.15) is 28.6 Å². The number of carbonyl (C=O) groups excluding carboxylic acids is 1. The summed E-state index contributed by atoms with van der Waals surface area (Å²) in [6.45, 7) is 6.19. The van der Waals surface area contributed by atoms with E-state index in [0.717, 1.165) is 33.8 Å². The summed E-state index contributed by atoms with van der Waals surface area (Å²) < 4.78 is 13.1. The first-order chi connectivity index (χ1) is 10.9. The molecular formula is C18H22ClFN2OS. The maximum atomic E-state index is 13.1. The molecule has 0 radical (unpaired) electrons. The average Bonchev–Trinajstić information content (AvgIpc) is 3.12. The van der Waals surface area contributed by atoms with Gasteiger partial charge in [-0.1, -0.05) is 19.1 Å². The second-order valence-electron chi connectivity index (χ2n) is 6.62. The van der Waals surface area contributed by atoms with Crippen LogP contribution in [0.5, 0.6) is 0 Å². The van der Waals surface area contributed by atoms with E-state index in [9.17, 15) is 9.18 Å². The van der Waals surface area contributed by atoms with Gasteiger partial charge in [-0.25, -0.2) is 4.39 Å². The Morgan fingerprint density at radius 2 is 2.04 bits per heavy atom. The number of rotatable bonds is 3. The number of thiophene rings is 1. The number of benzene rings is 1. The summed E-state index contributed by atoms with van der Waals surface area (Å²) in [5.74, 6) is -0.180. The molecule has 1 amide bonds. The lowest BCUT2D eigenvalue weighted by atomic mass is 9.90. The number of likely N-dealkylation sites (tertiary alicyclic amines) is 1. The Morgan fingerprint density at radius 1 is 1.38 bits per heavy atom. The number of hydrogen-bond donors (Lipinski definition) is 1. The second-order valence-corrected chi connectivity index (χ2v) is 7.67. The third-order valence-corrected chi connectivity index (χ3v) is 5.85. The highest BCUT2D eigenvalue weighted by Gasteiger charge is 2.35. The van der Waals surface area contributed by atoms with Gasteiger partial charge in [0.25, 0.3) is 5.91 Å². The van der Waals surface area contributed by atoms with Gasteiger partial charge in [0, 0.05) is 18.0 Å². The zero-order chi connectivity index (χ0) is 16.6. The molecule has 1 aromatic carbocycles. The van der Waals surface area contributed by atoms with Gasteiger partial charge in [0.05, 0.1) is 4.88 Å². The smallest absolute Gasteiger partial charge is 0.263 e. The van der Waals surface area contributed by atoms with Crippen LogP contribution in [0.2, 0.25) is 0 Å². The van der Waals surface area contributed by atoms with E-state index in [1.807, 2.05) is 17.9 Å². The molecule has 1 atom stereocenters. The van der Waals surface area contributed by atoms with Gasteiger partial charge >= 0.3 is 0 Å². The minimum Gasteiger partial charge on any atom is -0.337 e. The molecule has 0 saturated carbocycles. The highest BCUT2D eigenvalue weighted by molar-refractivity contribution is 7.17. The number of carbonyl (C=O) groups is 1. The molecular weight excluding hydrogens is 347 g/mol. The molecule has 24 heavy (non-hydrogen) atoms. The summed E-state index contributed by atoms with van der Waals surface area (Å²) >= 11 is 1.48. The van der Waals surface area contributed by atoms with Crippen molar-refractivity contribution in [1.29, 1.82) is 0 Å². The molecule has 1 aliphatic heterocycles. The maximum absolute atomic E-state index is 13.1. The molecule has 1 unspecified atom stereocenters. The van der Waals surface area contributed by atoms with E-state index in [2.05, 4.69) is 6.92 Å². The fourth-order valence-electron chi connectivity index (χ4n) is 2.99. The first-order valence-electron chi connectivity index (χ1n) is 7.78. The van der Waals surface area contributed by atoms with Crippen LogP contribution in [0, 0.1) is 18.2 Å². The predicted octanol–water partition coefficient (Wildman–Crippen LogP) is 4.10. The normalized spacial score (nSPS) is 20.1. The number of nitrogens with two attached hydrogens (primary N) is 1. The quantitative estimate of drug-likeness (QED) is 0.886. The molecule has 1 saturated heterocycles. The van der Waals surface area contributed by atoms with Gasteiger partial charge in [0.1, 0.15) is 5.82 Å². The van der Waals surface area contributed by atoms with E-state index in [0.29, 0.717) is 13.1 Å². The molecule has 2 aromatic rings. The van der Waals surface area contributed by atoms with Crippen LogP contribution in [-0.4, -0.2) is 30.4 Å². The molecule has 1 aromatic heterocycles. The number of amides is 1. The molecule has 0 spiro atoms. The van der Waals surface area contributed by atoms with E-state index in [1.54, 1.807) is 12.1 Å². The Balaban J connectivity index is 0.00000208. The van der Waals surface area contributed by atoms with Gasteiger partial charge in [-0.3, -0.25) is 4.79 Å². The standard InChI is InChI=1S/C18H21FN2OS.ClH/c1-12-9-15(17(22)21-8-7-18(2,10-20)11-21)23-16(12)13-3-5-14(19)6-4-13;/h3-6,9H,7-8,10-11,20H2,1-2H3;1H. The zero-order valence-corrected chi connectivity index (χ0v) is 15.5. The molecule has 0 aliphatic carbocycles. The summed E-state index contributed by atoms with van der Waals surface area (Å²) in [7, 11) is 0. The average molecular weight is 369 g/mol. The van der Waals surface area contributed by atoms with Crippen molar-refractivity contribution in [2.75, 3.05) is 19.6 Å². The van der Waals surface area contributed by atoms with Gasteiger partial charge in [-0.15, -0.1) is 23.7 Å². The summed E-state index contributed by atoms with van der Waals surface area (Å²) in [5, 5.41) is 0. The van der Waals surface area contributed by atoms with Crippen LogP contribution in [-0.2, 0) is 0 Å². The van der Waals surface area contributed by atoms with Gasteiger partial charge in [0.15, 0.2) is 0 Å². The van der Waals surface area contributed by atoms with Gasteiger partial charge in [0.2, 0.25) is 0 Å². The summed E-state index contributed by atoms with van der Waals surface area (Å²) in [6, 6.07) is 8.34. The van der Waals surface area contributed by atoms with E-state index < -0.39 is 0 Å². The third-order valence-electron chi connectivity index (χ3n) is 4.57. The SMILES string of the molecule is Cc1cc(C(=O)N2CCC(C)(CN)C2)sc1-c1ccc(F)cc1.Cl. The fourth-order valence-corrected chi connectivity index (χ4v) is 4.14. The Morgan fingerprint density at radius 3 is 2.62 bits per heavy atom. The third kappa shape index (κ3) is 3.63. The Bertz CT molecular complexity index is 731. The van der Waals surface area contributed by atoms with Gasteiger partial charge < -0.3 is 10.6 Å². The molecule has 2 heterocycles. The molecule has 0 bridgehead atoms. The van der Waals surface area contributed by atoms with Crippen molar-refractivity contribution in [3.05, 3.63) is 46.6 Å². The lowest BCUT2D eigenvalue weighted by Crippen LogP contribution is -2.34. The Labute approximate surface area is 152 Å². The van der Waals surface area contributed by atoms with Crippen LogP contribution in [0.3, 0.4) is 0 Å². The highest BCUT2D eigenvalue weighted by Crippen LogP contribution is 2.35. The molecule has 1 aliphatic rings. The molecule has 6 heteroatoms. The van der Waals surface area contributed by atoms with Crippen LogP contribution in [0.15, 0.2) is 30.3 Å². The van der Waals surface area contributed by atoms with E-state index in [4.69, 9.17) is 5.73 Å². The summed E-state index contributed by atoms with van der Waals surface area (Å²) in [6.07, 6.45) is 0.949. The molecule has 1 fully saturated rings. The second kappa shape index (κ2) is 7.21. The van der Waals surface area contributed by atoms with Crippen LogP contribution in [0.4, 0.5) is 4.39 Å². The topological polar surface area (TPSA) is 46.3 Å². The first kappa shape index (κ1) is 18.9. The van der Waals surface area contributed by atoms with E-state index >= 15 is 0 Å². The Hall–Kier alpha value is -1.43. The summed E-state index contributed by atoms with van der Waals surface area (Å²) in [4.78, 5) is 16.4. The lowest BCUT2D eigenvalue weighted by molar-refractivity contribution is 0.0781. The number of halogens is 2. The first-order valence-corrected chi connectivity index (χ1v) is 8.59. The van der Waals surface area contributed by atoms with Crippen molar-refractivity contribution in [2.45, 2.75) is 20.3 Å². The predicted molar refractivity (Wildman–Crippen MR) is 99.4 cm³/mol. The van der Waals surface area contributed by atoms with Crippen molar-refractivity contribution in [3.63, 3.8) is 0 Å². The molecule has 3 rings (SSSR count). The number of aryl methyl sites for hydroxylation is 1. The largest absolute Gasteiger partial charge is 0.337 e. The fraction of sp³-hybridized carbons (Fsp3) is 0.389. The van der Waals surface area contributed by atoms with Crippen molar-refractivity contribution in [2.24, 2.45) is 11.1 Å². The van der Waals surface area contributed by atoms with Crippen molar-refractivity contribution < 1.29 is 9.18 Å². The molecule has 2 N–H and O–H groups in total. The van der Waals surface area contributed by atoms with Crippen LogP contribution in [0.25, 0.3) is 10.4 Å². The monoisotopic (exact) mass is 368 g/mol. The number of hydrogen-bond acceptors (Lipinski definition) is 3. The lowest BCUT2D eigenvalue weighted by Gasteiger charge is -2.22. The highest BCUT2D eigenvalue weighted by atomic mass is 35.5.